The molecule has 0 bridgehead atoms. The van der Waals surface area contributed by atoms with Crippen molar-refractivity contribution in [3.05, 3.63) is 35.9 Å². The Morgan fingerprint density at radius 3 is 2.00 bits per heavy atom. The summed E-state index contributed by atoms with van der Waals surface area (Å²) in [6.45, 7) is 8.00. The predicted molar refractivity (Wildman–Crippen MR) is 73.1 cm³/mol. The van der Waals surface area contributed by atoms with E-state index in [0.717, 1.165) is 12.8 Å². The highest BCUT2D eigenvalue weighted by Gasteiger charge is 1.94. The quantitative estimate of drug-likeness (QED) is 0.816. The molecule has 0 amide bonds. The Kier molecular flexibility index (Phi) is 15.9. The number of hydrogen-bond acceptors (Lipinski definition) is 1. The van der Waals surface area contributed by atoms with E-state index >= 15 is 0 Å². The molecule has 1 atom stereocenters. The van der Waals surface area contributed by atoms with Crippen LogP contribution in [0.1, 0.15) is 39.7 Å². The molecule has 0 aromatic heterocycles. The topological polar surface area (TPSA) is 37.3 Å². The molecule has 1 aromatic carbocycles. The lowest BCUT2D eigenvalue weighted by Crippen LogP contribution is -1.96. The maximum absolute atomic E-state index is 10.3. The van der Waals surface area contributed by atoms with Gasteiger partial charge >= 0.3 is 0 Å². The summed E-state index contributed by atoms with van der Waals surface area (Å²) in [5.74, 6) is 0.370. The molecular formula is C13H24O2S. The monoisotopic (exact) mass is 244 g/mol. The van der Waals surface area contributed by atoms with Crippen molar-refractivity contribution in [2.45, 2.75) is 40.5 Å². The minimum absolute atomic E-state index is 0.370. The maximum Gasteiger partial charge on any atom is 0.152 e. The summed E-state index contributed by atoms with van der Waals surface area (Å²) < 4.78 is 18.8. The molecule has 0 aliphatic heterocycles. The van der Waals surface area contributed by atoms with Gasteiger partial charge in [0.25, 0.3) is 0 Å². The van der Waals surface area contributed by atoms with Crippen LogP contribution in [-0.2, 0) is 17.5 Å². The van der Waals surface area contributed by atoms with Gasteiger partial charge in [0.15, 0.2) is 11.1 Å². The molecule has 3 heteroatoms. The fourth-order valence-corrected chi connectivity index (χ4v) is 1.44. The van der Waals surface area contributed by atoms with Crippen molar-refractivity contribution in [1.29, 1.82) is 0 Å². The molecule has 0 aliphatic rings. The van der Waals surface area contributed by atoms with E-state index < -0.39 is 11.1 Å². The van der Waals surface area contributed by atoms with Crippen LogP contribution in [0, 0.1) is 0 Å². The van der Waals surface area contributed by atoms with Gasteiger partial charge in [0.2, 0.25) is 0 Å². The largest absolute Gasteiger partial charge is 0.306 e. The number of benzene rings is 1. The molecule has 0 fully saturated rings. The molecule has 1 unspecified atom stereocenters. The van der Waals surface area contributed by atoms with Gasteiger partial charge in [-0.15, -0.1) is 0 Å². The van der Waals surface area contributed by atoms with E-state index in [1.54, 1.807) is 0 Å². The number of hydrogen-bond donors (Lipinski definition) is 1. The Morgan fingerprint density at radius 1 is 1.06 bits per heavy atom. The van der Waals surface area contributed by atoms with Gasteiger partial charge < -0.3 is 4.55 Å². The Labute approximate surface area is 102 Å². The average molecular weight is 244 g/mol. The van der Waals surface area contributed by atoms with Gasteiger partial charge in [0.1, 0.15) is 0 Å². The first-order chi connectivity index (χ1) is 7.79. The molecule has 94 valence electrons. The number of rotatable bonds is 4. The standard InChI is InChI=1S/C9H12O2S.2C2H6/c10-12(11)8-4-7-9-5-2-1-3-6-9;2*1-2/h1-3,5-6H,4,7-8H2,(H,10,11);2*1-2H3. The first-order valence-electron chi connectivity index (χ1n) is 5.90. The molecule has 0 aliphatic carbocycles. The second-order valence-corrected chi connectivity index (χ2v) is 3.67. The molecule has 1 rings (SSSR count). The molecule has 0 radical (unpaired) electrons. The molecule has 2 nitrogen and oxygen atoms in total. The summed E-state index contributed by atoms with van der Waals surface area (Å²) >= 11 is -1.64. The molecule has 16 heavy (non-hydrogen) atoms. The minimum Gasteiger partial charge on any atom is -0.306 e. The SMILES string of the molecule is CC.CC.O=S(O)CCCc1ccccc1. The molecule has 0 saturated carbocycles. The zero-order valence-corrected chi connectivity index (χ0v) is 11.6. The van der Waals surface area contributed by atoms with Crippen LogP contribution in [0.3, 0.4) is 0 Å². The van der Waals surface area contributed by atoms with Crippen molar-refractivity contribution in [2.24, 2.45) is 0 Å². The van der Waals surface area contributed by atoms with Crippen LogP contribution >= 0.6 is 0 Å². The molecule has 1 N–H and O–H groups in total. The van der Waals surface area contributed by atoms with Crippen molar-refractivity contribution in [1.82, 2.24) is 0 Å². The fraction of sp³-hybridized carbons (Fsp3) is 0.538. The van der Waals surface area contributed by atoms with Crippen molar-refractivity contribution in [3.8, 4) is 0 Å². The normalized spacial score (nSPS) is 10.3. The Hall–Kier alpha value is -0.670. The number of aryl methyl sites for hydroxylation is 1. The van der Waals surface area contributed by atoms with E-state index in [2.05, 4.69) is 0 Å². The van der Waals surface area contributed by atoms with E-state index in [0.29, 0.717) is 5.75 Å². The molecule has 1 aromatic rings. The van der Waals surface area contributed by atoms with Gasteiger partial charge in [0, 0.05) is 5.75 Å². The van der Waals surface area contributed by atoms with E-state index in [9.17, 15) is 4.21 Å². The highest BCUT2D eigenvalue weighted by Crippen LogP contribution is 2.02. The predicted octanol–water partition coefficient (Wildman–Crippen LogP) is 3.89. The summed E-state index contributed by atoms with van der Waals surface area (Å²) in [6.07, 6.45) is 1.65. The van der Waals surface area contributed by atoms with Gasteiger partial charge in [-0.25, -0.2) is 4.21 Å². The van der Waals surface area contributed by atoms with E-state index in [4.69, 9.17) is 4.55 Å². The lowest BCUT2D eigenvalue weighted by Gasteiger charge is -1.97. The summed E-state index contributed by atoms with van der Waals surface area (Å²) in [5.41, 5.74) is 1.22. The van der Waals surface area contributed by atoms with E-state index in [-0.39, 0.29) is 0 Å². The summed E-state index contributed by atoms with van der Waals surface area (Å²) in [5, 5.41) is 0. The van der Waals surface area contributed by atoms with Crippen LogP contribution < -0.4 is 0 Å². The highest BCUT2D eigenvalue weighted by molar-refractivity contribution is 7.79. The van der Waals surface area contributed by atoms with Gasteiger partial charge in [-0.2, -0.15) is 0 Å². The van der Waals surface area contributed by atoms with Gasteiger partial charge in [0.05, 0.1) is 0 Å². The molecular weight excluding hydrogens is 220 g/mol. The van der Waals surface area contributed by atoms with Gasteiger partial charge in [-0.3, -0.25) is 0 Å². The third-order valence-electron chi connectivity index (χ3n) is 1.63. The lowest BCUT2D eigenvalue weighted by molar-refractivity contribution is 0.561. The first kappa shape index (κ1) is 17.7. The van der Waals surface area contributed by atoms with Gasteiger partial charge in [-0.1, -0.05) is 58.0 Å². The molecule has 0 spiro atoms. The third kappa shape index (κ3) is 11.4. The summed E-state index contributed by atoms with van der Waals surface area (Å²) in [4.78, 5) is 0. The lowest BCUT2D eigenvalue weighted by atomic mass is 10.1. The zero-order chi connectivity index (χ0) is 12.8. The second-order valence-electron chi connectivity index (χ2n) is 2.61. The third-order valence-corrected chi connectivity index (χ3v) is 2.27. The van der Waals surface area contributed by atoms with Crippen LogP contribution in [0.2, 0.25) is 0 Å². The average Bonchev–Trinajstić information content (AvgIpc) is 2.35. The zero-order valence-electron chi connectivity index (χ0n) is 10.8. The fourth-order valence-electron chi connectivity index (χ4n) is 1.04. The van der Waals surface area contributed by atoms with Crippen molar-refractivity contribution in [3.63, 3.8) is 0 Å². The van der Waals surface area contributed by atoms with E-state index in [1.165, 1.54) is 5.56 Å². The highest BCUT2D eigenvalue weighted by atomic mass is 32.2. The summed E-state index contributed by atoms with van der Waals surface area (Å²) in [6, 6.07) is 9.98. The van der Waals surface area contributed by atoms with Crippen molar-refractivity contribution >= 4 is 11.1 Å². The van der Waals surface area contributed by atoms with E-state index in [1.807, 2.05) is 58.0 Å². The summed E-state index contributed by atoms with van der Waals surface area (Å²) in [7, 11) is 0. The first-order valence-corrected chi connectivity index (χ1v) is 7.18. The maximum atomic E-state index is 10.3. The smallest absolute Gasteiger partial charge is 0.152 e. The Balaban J connectivity index is 0. The van der Waals surface area contributed by atoms with Crippen molar-refractivity contribution < 1.29 is 8.76 Å². The molecule has 0 saturated heterocycles. The van der Waals surface area contributed by atoms with Crippen LogP contribution in [0.15, 0.2) is 30.3 Å². The van der Waals surface area contributed by atoms with Crippen LogP contribution in [-0.4, -0.2) is 14.5 Å². The van der Waals surface area contributed by atoms with Crippen LogP contribution in [0.25, 0.3) is 0 Å². The van der Waals surface area contributed by atoms with Crippen LogP contribution in [0.4, 0.5) is 0 Å². The van der Waals surface area contributed by atoms with Crippen molar-refractivity contribution in [2.75, 3.05) is 5.75 Å². The van der Waals surface area contributed by atoms with Crippen LogP contribution in [0.5, 0.6) is 0 Å². The van der Waals surface area contributed by atoms with Gasteiger partial charge in [-0.05, 0) is 18.4 Å². The Morgan fingerprint density at radius 2 is 1.56 bits per heavy atom. The minimum atomic E-state index is -1.64. The molecule has 0 heterocycles. The Bertz CT molecular complexity index is 247. The second kappa shape index (κ2) is 14.3.